The van der Waals surface area contributed by atoms with Gasteiger partial charge in [-0.3, -0.25) is 9.69 Å². The third-order valence-electron chi connectivity index (χ3n) is 7.12. The lowest BCUT2D eigenvalue weighted by Gasteiger charge is -2.29. The number of aromatic nitrogens is 2. The molecule has 0 spiro atoms. The minimum atomic E-state index is -0.471. The van der Waals surface area contributed by atoms with Crippen LogP contribution in [0, 0.1) is 5.82 Å². The Kier molecular flexibility index (Phi) is 4.75. The standard InChI is InChI=1S/C26H22FN5O5/c1-13-16-7-23(30-14-5-21-25(29-9-14)35-11-15-12-36-26(34)32(15)21)28-10-18(16)17-6-19(27)20(8-22(17)37-13)31-4-2-3-24(31)33/h5-10,13,15H,2-4,11-12H2,1H3,(H,28,30). The molecule has 0 saturated carbocycles. The molecule has 3 aromatic rings. The topological polar surface area (TPSA) is 106 Å². The Hall–Kier alpha value is -4.41. The van der Waals surface area contributed by atoms with Crippen LogP contribution in [0.25, 0.3) is 11.1 Å². The molecular weight excluding hydrogens is 481 g/mol. The number of carbonyl (C=O) groups excluding carboxylic acids is 2. The summed E-state index contributed by atoms with van der Waals surface area (Å²) in [6.45, 7) is 3.02. The fourth-order valence-electron chi connectivity index (χ4n) is 5.31. The third-order valence-corrected chi connectivity index (χ3v) is 7.12. The Morgan fingerprint density at radius 2 is 1.89 bits per heavy atom. The SMILES string of the molecule is CC1Oc2cc(N3CCCC3=O)c(F)cc2-c2cnc(Nc3cnc4c(c3)N3C(=O)OCC3CO4)cc21. The average Bonchev–Trinajstić information content (AvgIpc) is 3.49. The molecule has 2 unspecified atom stereocenters. The number of benzene rings is 1. The number of nitrogens with zero attached hydrogens (tertiary/aromatic N) is 4. The summed E-state index contributed by atoms with van der Waals surface area (Å²) in [7, 11) is 0. The number of nitrogens with one attached hydrogen (secondary N) is 1. The zero-order chi connectivity index (χ0) is 25.3. The molecule has 2 aromatic heterocycles. The molecule has 2 amide bonds. The molecule has 1 aromatic carbocycles. The second kappa shape index (κ2) is 8.05. The predicted octanol–water partition coefficient (Wildman–Crippen LogP) is 4.32. The minimum Gasteiger partial charge on any atom is -0.485 e. The van der Waals surface area contributed by atoms with Crippen LogP contribution < -0.4 is 24.6 Å². The van der Waals surface area contributed by atoms with E-state index in [0.29, 0.717) is 60.4 Å². The summed E-state index contributed by atoms with van der Waals surface area (Å²) in [5.74, 6) is 0.873. The van der Waals surface area contributed by atoms with Gasteiger partial charge >= 0.3 is 6.09 Å². The molecule has 0 bridgehead atoms. The molecule has 6 heterocycles. The smallest absolute Gasteiger partial charge is 0.415 e. The van der Waals surface area contributed by atoms with E-state index >= 15 is 4.39 Å². The van der Waals surface area contributed by atoms with E-state index < -0.39 is 11.9 Å². The highest BCUT2D eigenvalue weighted by molar-refractivity contribution is 5.96. The van der Waals surface area contributed by atoms with Crippen molar-refractivity contribution in [2.45, 2.75) is 31.9 Å². The van der Waals surface area contributed by atoms with Crippen LogP contribution in [-0.4, -0.2) is 47.8 Å². The summed E-state index contributed by atoms with van der Waals surface area (Å²) in [6.07, 6.45) is 3.67. The zero-order valence-electron chi connectivity index (χ0n) is 19.9. The van der Waals surface area contributed by atoms with Crippen LogP contribution in [0.2, 0.25) is 0 Å². The van der Waals surface area contributed by atoms with Crippen molar-refractivity contribution < 1.29 is 28.2 Å². The highest BCUT2D eigenvalue weighted by Gasteiger charge is 2.40. The zero-order valence-corrected chi connectivity index (χ0v) is 19.9. The Bertz CT molecular complexity index is 1480. The van der Waals surface area contributed by atoms with Crippen molar-refractivity contribution in [1.29, 1.82) is 0 Å². The number of pyridine rings is 2. The molecule has 4 aliphatic heterocycles. The van der Waals surface area contributed by atoms with E-state index in [-0.39, 0.29) is 30.3 Å². The van der Waals surface area contributed by atoms with Crippen molar-refractivity contribution in [3.05, 3.63) is 48.0 Å². The first-order valence-electron chi connectivity index (χ1n) is 12.1. The fraction of sp³-hybridized carbons (Fsp3) is 0.308. The van der Waals surface area contributed by atoms with E-state index in [1.807, 2.05) is 13.0 Å². The molecule has 10 nitrogen and oxygen atoms in total. The van der Waals surface area contributed by atoms with Crippen molar-refractivity contribution in [3.63, 3.8) is 0 Å². The summed E-state index contributed by atoms with van der Waals surface area (Å²) in [5.41, 5.74) is 3.59. The van der Waals surface area contributed by atoms with Gasteiger partial charge in [-0.15, -0.1) is 0 Å². The number of rotatable bonds is 3. The van der Waals surface area contributed by atoms with Crippen molar-refractivity contribution >= 4 is 34.9 Å². The van der Waals surface area contributed by atoms with Gasteiger partial charge < -0.3 is 24.4 Å². The molecule has 188 valence electrons. The number of cyclic esters (lactones) is 1. The molecule has 2 atom stereocenters. The molecule has 2 fully saturated rings. The van der Waals surface area contributed by atoms with E-state index in [9.17, 15) is 9.59 Å². The van der Waals surface area contributed by atoms with E-state index in [0.717, 1.165) is 11.1 Å². The maximum Gasteiger partial charge on any atom is 0.415 e. The molecule has 7 rings (SSSR count). The number of hydrogen-bond donors (Lipinski definition) is 1. The highest BCUT2D eigenvalue weighted by Crippen LogP contribution is 2.46. The first-order chi connectivity index (χ1) is 18.0. The molecule has 11 heteroatoms. The van der Waals surface area contributed by atoms with Gasteiger partial charge in [-0.05, 0) is 31.5 Å². The Balaban J connectivity index is 1.20. The van der Waals surface area contributed by atoms with E-state index in [2.05, 4.69) is 15.3 Å². The quantitative estimate of drug-likeness (QED) is 0.563. The minimum absolute atomic E-state index is 0.0825. The van der Waals surface area contributed by atoms with Crippen LogP contribution in [-0.2, 0) is 9.53 Å². The number of anilines is 4. The van der Waals surface area contributed by atoms with Crippen molar-refractivity contribution in [2.24, 2.45) is 0 Å². The molecule has 4 aliphatic rings. The normalized spacial score (nSPS) is 21.4. The van der Waals surface area contributed by atoms with Gasteiger partial charge in [0.2, 0.25) is 11.8 Å². The Labute approximate surface area is 211 Å². The summed E-state index contributed by atoms with van der Waals surface area (Å²) >= 11 is 0. The summed E-state index contributed by atoms with van der Waals surface area (Å²) in [5, 5.41) is 3.22. The third kappa shape index (κ3) is 3.45. The van der Waals surface area contributed by atoms with Gasteiger partial charge in [-0.2, -0.15) is 0 Å². The second-order valence-electron chi connectivity index (χ2n) is 9.45. The Morgan fingerprint density at radius 1 is 1.03 bits per heavy atom. The largest absolute Gasteiger partial charge is 0.485 e. The molecule has 0 aliphatic carbocycles. The van der Waals surface area contributed by atoms with Gasteiger partial charge in [0, 0.05) is 41.9 Å². The number of hydrogen-bond acceptors (Lipinski definition) is 8. The number of fused-ring (bicyclic) bond motifs is 6. The summed E-state index contributed by atoms with van der Waals surface area (Å²) in [6, 6.07) is 6.46. The van der Waals surface area contributed by atoms with Crippen molar-refractivity contribution in [1.82, 2.24) is 9.97 Å². The molecule has 2 saturated heterocycles. The summed E-state index contributed by atoms with van der Waals surface area (Å²) < 4.78 is 32.0. The molecule has 1 N–H and O–H groups in total. The lowest BCUT2D eigenvalue weighted by molar-refractivity contribution is -0.117. The van der Waals surface area contributed by atoms with Crippen LogP contribution in [0.4, 0.5) is 32.1 Å². The monoisotopic (exact) mass is 503 g/mol. The number of amides is 2. The first kappa shape index (κ1) is 21.8. The molecule has 37 heavy (non-hydrogen) atoms. The van der Waals surface area contributed by atoms with Crippen LogP contribution in [0.3, 0.4) is 0 Å². The fourth-order valence-corrected chi connectivity index (χ4v) is 5.31. The lowest BCUT2D eigenvalue weighted by atomic mass is 9.94. The van der Waals surface area contributed by atoms with Gasteiger partial charge in [-0.25, -0.2) is 19.2 Å². The predicted molar refractivity (Wildman–Crippen MR) is 131 cm³/mol. The van der Waals surface area contributed by atoms with E-state index in [1.54, 1.807) is 29.4 Å². The van der Waals surface area contributed by atoms with Gasteiger partial charge in [0.05, 0.1) is 17.6 Å². The van der Waals surface area contributed by atoms with E-state index in [4.69, 9.17) is 14.2 Å². The van der Waals surface area contributed by atoms with E-state index in [1.165, 1.54) is 11.0 Å². The van der Waals surface area contributed by atoms with Crippen molar-refractivity contribution in [2.75, 3.05) is 34.9 Å². The first-order valence-corrected chi connectivity index (χ1v) is 12.1. The van der Waals surface area contributed by atoms with Gasteiger partial charge in [0.15, 0.2) is 0 Å². The number of carbonyl (C=O) groups is 2. The lowest BCUT2D eigenvalue weighted by Crippen LogP contribution is -2.41. The van der Waals surface area contributed by atoms with Gasteiger partial charge in [0.1, 0.15) is 48.4 Å². The van der Waals surface area contributed by atoms with Crippen LogP contribution >= 0.6 is 0 Å². The van der Waals surface area contributed by atoms with Crippen molar-refractivity contribution in [3.8, 4) is 22.8 Å². The second-order valence-corrected chi connectivity index (χ2v) is 9.45. The highest BCUT2D eigenvalue weighted by atomic mass is 19.1. The Morgan fingerprint density at radius 3 is 2.73 bits per heavy atom. The number of halogens is 1. The van der Waals surface area contributed by atoms with Crippen LogP contribution in [0.5, 0.6) is 11.6 Å². The van der Waals surface area contributed by atoms with Gasteiger partial charge in [0.25, 0.3) is 0 Å². The molecule has 0 radical (unpaired) electrons. The number of ether oxygens (including phenoxy) is 3. The average molecular weight is 503 g/mol. The maximum atomic E-state index is 15.1. The molecular formula is C26H22FN5O5. The maximum absolute atomic E-state index is 15.1. The van der Waals surface area contributed by atoms with Crippen LogP contribution in [0.15, 0.2) is 36.7 Å². The van der Waals surface area contributed by atoms with Crippen LogP contribution in [0.1, 0.15) is 31.4 Å². The summed E-state index contributed by atoms with van der Waals surface area (Å²) in [4.78, 5) is 36.3. The van der Waals surface area contributed by atoms with Gasteiger partial charge in [-0.1, -0.05) is 0 Å².